The first-order valence-electron chi connectivity index (χ1n) is 5.91. The monoisotopic (exact) mass is 205 g/mol. The molecular weight excluding hydrogens is 182 g/mol. The van der Waals surface area contributed by atoms with Crippen LogP contribution in [0.15, 0.2) is 12.1 Å². The standard InChI is InChI=1S/C14H23N/c1-6-14(15-7-2)13-9-11(4)10(3)8-12(13)5/h8-9,14-15H,6-7H2,1-5H3. The summed E-state index contributed by atoms with van der Waals surface area (Å²) in [6.07, 6.45) is 1.15. The van der Waals surface area contributed by atoms with E-state index < -0.39 is 0 Å². The van der Waals surface area contributed by atoms with Crippen LogP contribution in [0.4, 0.5) is 0 Å². The first kappa shape index (κ1) is 12.3. The van der Waals surface area contributed by atoms with E-state index >= 15 is 0 Å². The Morgan fingerprint density at radius 1 is 1.00 bits per heavy atom. The van der Waals surface area contributed by atoms with E-state index in [-0.39, 0.29) is 0 Å². The highest BCUT2D eigenvalue weighted by atomic mass is 14.9. The van der Waals surface area contributed by atoms with Crippen molar-refractivity contribution in [3.63, 3.8) is 0 Å². The van der Waals surface area contributed by atoms with Crippen LogP contribution < -0.4 is 5.32 Å². The van der Waals surface area contributed by atoms with Gasteiger partial charge < -0.3 is 5.32 Å². The van der Waals surface area contributed by atoms with Gasteiger partial charge in [-0.1, -0.05) is 26.0 Å². The summed E-state index contributed by atoms with van der Waals surface area (Å²) in [5.74, 6) is 0. The Morgan fingerprint density at radius 3 is 2.13 bits per heavy atom. The fourth-order valence-electron chi connectivity index (χ4n) is 2.08. The van der Waals surface area contributed by atoms with Crippen LogP contribution in [-0.2, 0) is 0 Å². The molecule has 0 radical (unpaired) electrons. The molecule has 1 heteroatoms. The van der Waals surface area contributed by atoms with Crippen molar-refractivity contribution >= 4 is 0 Å². The van der Waals surface area contributed by atoms with E-state index in [0.717, 1.165) is 13.0 Å². The largest absolute Gasteiger partial charge is 0.310 e. The van der Waals surface area contributed by atoms with Crippen LogP contribution in [0.3, 0.4) is 0 Å². The van der Waals surface area contributed by atoms with E-state index in [1.54, 1.807) is 0 Å². The highest BCUT2D eigenvalue weighted by molar-refractivity contribution is 5.38. The lowest BCUT2D eigenvalue weighted by Gasteiger charge is -2.20. The summed E-state index contributed by atoms with van der Waals surface area (Å²) >= 11 is 0. The predicted octanol–water partition coefficient (Wildman–Crippen LogP) is 3.67. The van der Waals surface area contributed by atoms with E-state index in [1.807, 2.05) is 0 Å². The predicted molar refractivity (Wildman–Crippen MR) is 67.4 cm³/mol. The lowest BCUT2D eigenvalue weighted by atomic mass is 9.94. The van der Waals surface area contributed by atoms with Gasteiger partial charge in [-0.25, -0.2) is 0 Å². The van der Waals surface area contributed by atoms with E-state index in [0.29, 0.717) is 6.04 Å². The zero-order valence-electron chi connectivity index (χ0n) is 10.6. The molecule has 1 atom stereocenters. The van der Waals surface area contributed by atoms with Crippen LogP contribution in [0.25, 0.3) is 0 Å². The minimum atomic E-state index is 0.509. The van der Waals surface area contributed by atoms with Gasteiger partial charge in [-0.05, 0) is 56.0 Å². The minimum Gasteiger partial charge on any atom is -0.310 e. The van der Waals surface area contributed by atoms with Crippen LogP contribution in [0.1, 0.15) is 48.6 Å². The molecule has 0 spiro atoms. The zero-order chi connectivity index (χ0) is 11.4. The van der Waals surface area contributed by atoms with Gasteiger partial charge in [0, 0.05) is 6.04 Å². The van der Waals surface area contributed by atoms with Crippen molar-refractivity contribution in [1.82, 2.24) is 5.32 Å². The number of aryl methyl sites for hydroxylation is 3. The van der Waals surface area contributed by atoms with Crippen LogP contribution >= 0.6 is 0 Å². The van der Waals surface area contributed by atoms with Crippen LogP contribution in [-0.4, -0.2) is 6.54 Å². The van der Waals surface area contributed by atoms with Gasteiger partial charge in [0.2, 0.25) is 0 Å². The molecule has 1 unspecified atom stereocenters. The molecule has 84 valence electrons. The molecule has 0 saturated carbocycles. The third-order valence-electron chi connectivity index (χ3n) is 3.12. The van der Waals surface area contributed by atoms with Crippen molar-refractivity contribution in [2.75, 3.05) is 6.54 Å². The quantitative estimate of drug-likeness (QED) is 0.790. The molecule has 15 heavy (non-hydrogen) atoms. The second-order valence-corrected chi connectivity index (χ2v) is 4.31. The summed E-state index contributed by atoms with van der Waals surface area (Å²) in [5, 5.41) is 3.54. The lowest BCUT2D eigenvalue weighted by molar-refractivity contribution is 0.534. The van der Waals surface area contributed by atoms with Gasteiger partial charge in [-0.15, -0.1) is 0 Å². The third kappa shape index (κ3) is 2.82. The van der Waals surface area contributed by atoms with Gasteiger partial charge in [-0.2, -0.15) is 0 Å². The van der Waals surface area contributed by atoms with Crippen molar-refractivity contribution in [3.8, 4) is 0 Å². The number of benzene rings is 1. The Balaban J connectivity index is 3.06. The van der Waals surface area contributed by atoms with Crippen LogP contribution in [0.5, 0.6) is 0 Å². The van der Waals surface area contributed by atoms with Gasteiger partial charge in [-0.3, -0.25) is 0 Å². The van der Waals surface area contributed by atoms with Crippen LogP contribution in [0, 0.1) is 20.8 Å². The summed E-state index contributed by atoms with van der Waals surface area (Å²) in [6, 6.07) is 5.14. The maximum atomic E-state index is 3.54. The average Bonchev–Trinajstić information content (AvgIpc) is 2.20. The van der Waals surface area contributed by atoms with Crippen molar-refractivity contribution < 1.29 is 0 Å². The Morgan fingerprint density at radius 2 is 1.60 bits per heavy atom. The fourth-order valence-corrected chi connectivity index (χ4v) is 2.08. The molecule has 0 aliphatic rings. The molecule has 0 aromatic heterocycles. The summed E-state index contributed by atoms with van der Waals surface area (Å²) in [4.78, 5) is 0. The number of rotatable bonds is 4. The first-order chi connectivity index (χ1) is 7.10. The van der Waals surface area contributed by atoms with Crippen molar-refractivity contribution in [2.45, 2.75) is 47.1 Å². The second kappa shape index (κ2) is 5.32. The highest BCUT2D eigenvalue weighted by Gasteiger charge is 2.11. The molecular formula is C14H23N. The summed E-state index contributed by atoms with van der Waals surface area (Å²) in [7, 11) is 0. The molecule has 0 heterocycles. The molecule has 1 aromatic carbocycles. The molecule has 1 N–H and O–H groups in total. The fraction of sp³-hybridized carbons (Fsp3) is 0.571. The third-order valence-corrected chi connectivity index (χ3v) is 3.12. The molecule has 0 aliphatic heterocycles. The first-order valence-corrected chi connectivity index (χ1v) is 5.91. The van der Waals surface area contributed by atoms with E-state index in [1.165, 1.54) is 22.3 Å². The topological polar surface area (TPSA) is 12.0 Å². The van der Waals surface area contributed by atoms with E-state index in [4.69, 9.17) is 0 Å². The van der Waals surface area contributed by atoms with Crippen molar-refractivity contribution in [1.29, 1.82) is 0 Å². The van der Waals surface area contributed by atoms with Gasteiger partial charge in [0.1, 0.15) is 0 Å². The lowest BCUT2D eigenvalue weighted by Crippen LogP contribution is -2.21. The second-order valence-electron chi connectivity index (χ2n) is 4.31. The molecule has 1 aromatic rings. The summed E-state index contributed by atoms with van der Waals surface area (Å²) < 4.78 is 0. The Labute approximate surface area is 93.9 Å². The molecule has 1 nitrogen and oxygen atoms in total. The molecule has 1 rings (SSSR count). The summed E-state index contributed by atoms with van der Waals surface area (Å²) in [5.41, 5.74) is 5.66. The van der Waals surface area contributed by atoms with E-state index in [2.05, 4.69) is 52.1 Å². The highest BCUT2D eigenvalue weighted by Crippen LogP contribution is 2.23. The van der Waals surface area contributed by atoms with E-state index in [9.17, 15) is 0 Å². The van der Waals surface area contributed by atoms with Crippen molar-refractivity contribution in [2.24, 2.45) is 0 Å². The smallest absolute Gasteiger partial charge is 0.0320 e. The molecule has 0 amide bonds. The maximum absolute atomic E-state index is 3.54. The minimum absolute atomic E-state index is 0.509. The zero-order valence-corrected chi connectivity index (χ0v) is 10.6. The van der Waals surface area contributed by atoms with Gasteiger partial charge in [0.15, 0.2) is 0 Å². The Hall–Kier alpha value is -0.820. The Kier molecular flexibility index (Phi) is 4.34. The Bertz CT molecular complexity index is 328. The SMILES string of the molecule is CCNC(CC)c1cc(C)c(C)cc1C. The van der Waals surface area contributed by atoms with Crippen LogP contribution in [0.2, 0.25) is 0 Å². The maximum Gasteiger partial charge on any atom is 0.0320 e. The molecule has 0 fully saturated rings. The number of nitrogens with one attached hydrogen (secondary N) is 1. The average molecular weight is 205 g/mol. The molecule has 0 bridgehead atoms. The molecule has 0 saturated heterocycles. The number of hydrogen-bond donors (Lipinski definition) is 1. The summed E-state index contributed by atoms with van der Waals surface area (Å²) in [6.45, 7) is 12.0. The molecule has 0 aliphatic carbocycles. The van der Waals surface area contributed by atoms with Gasteiger partial charge in [0.25, 0.3) is 0 Å². The normalized spacial score (nSPS) is 12.9. The van der Waals surface area contributed by atoms with Crippen molar-refractivity contribution in [3.05, 3.63) is 34.4 Å². The van der Waals surface area contributed by atoms with Gasteiger partial charge in [0.05, 0.1) is 0 Å². The number of hydrogen-bond acceptors (Lipinski definition) is 1. The van der Waals surface area contributed by atoms with Gasteiger partial charge >= 0.3 is 0 Å².